The van der Waals surface area contributed by atoms with Gasteiger partial charge in [-0.2, -0.15) is 0 Å². The van der Waals surface area contributed by atoms with E-state index in [-0.39, 0.29) is 9.90 Å². The van der Waals surface area contributed by atoms with Crippen molar-refractivity contribution < 1.29 is 13.2 Å². The number of benzene rings is 1. The summed E-state index contributed by atoms with van der Waals surface area (Å²) in [5.41, 5.74) is 0. The van der Waals surface area contributed by atoms with Crippen LogP contribution >= 0.6 is 22.9 Å². The second-order valence-corrected chi connectivity index (χ2v) is 4.28. The van der Waals surface area contributed by atoms with Gasteiger partial charge in [-0.25, -0.2) is 13.2 Å². The molecule has 0 aliphatic carbocycles. The minimum absolute atomic E-state index is 0.0453. The number of thiophene rings is 1. The van der Waals surface area contributed by atoms with Gasteiger partial charge in [0.2, 0.25) is 0 Å². The third-order valence-electron chi connectivity index (χ3n) is 1.79. The molecule has 0 nitrogen and oxygen atoms in total. The zero-order chi connectivity index (χ0) is 10.3. The first-order valence-electron chi connectivity index (χ1n) is 3.74. The van der Waals surface area contributed by atoms with Crippen LogP contribution in [0.4, 0.5) is 13.2 Å². The molecule has 74 valence electrons. The zero-order valence-electron chi connectivity index (χ0n) is 6.73. The highest BCUT2D eigenvalue weighted by Gasteiger charge is 2.12. The van der Waals surface area contributed by atoms with Crippen molar-refractivity contribution in [3.05, 3.63) is 33.9 Å². The third-order valence-corrected chi connectivity index (χ3v) is 3.19. The van der Waals surface area contributed by atoms with E-state index in [9.17, 15) is 13.2 Å². The summed E-state index contributed by atoms with van der Waals surface area (Å²) in [5.74, 6) is -0.582. The SMILES string of the molecule is Fc1cc2sc(C(F)F)cc2cc1Cl. The molecule has 0 spiro atoms. The maximum absolute atomic E-state index is 12.9. The van der Waals surface area contributed by atoms with Gasteiger partial charge in [0.1, 0.15) is 5.82 Å². The normalized spacial score (nSPS) is 11.5. The molecule has 0 atom stereocenters. The Morgan fingerprint density at radius 2 is 1.93 bits per heavy atom. The maximum Gasteiger partial charge on any atom is 0.272 e. The number of hydrogen-bond donors (Lipinski definition) is 0. The molecule has 1 aromatic carbocycles. The van der Waals surface area contributed by atoms with Gasteiger partial charge in [0.15, 0.2) is 0 Å². The molecule has 0 N–H and O–H groups in total. The van der Waals surface area contributed by atoms with Crippen LogP contribution in [0, 0.1) is 5.82 Å². The van der Waals surface area contributed by atoms with Crippen LogP contribution < -0.4 is 0 Å². The van der Waals surface area contributed by atoms with E-state index in [0.717, 1.165) is 11.3 Å². The molecule has 0 amide bonds. The van der Waals surface area contributed by atoms with Crippen LogP contribution in [-0.4, -0.2) is 0 Å². The number of fused-ring (bicyclic) bond motifs is 1. The van der Waals surface area contributed by atoms with E-state index in [1.54, 1.807) is 0 Å². The Kier molecular flexibility index (Phi) is 2.41. The van der Waals surface area contributed by atoms with Crippen molar-refractivity contribution in [2.24, 2.45) is 0 Å². The summed E-state index contributed by atoms with van der Waals surface area (Å²) >= 11 is 6.40. The summed E-state index contributed by atoms with van der Waals surface area (Å²) in [5, 5.41) is 0.507. The molecule has 0 aliphatic heterocycles. The van der Waals surface area contributed by atoms with Gasteiger partial charge in [-0.05, 0) is 23.6 Å². The number of halogens is 4. The highest BCUT2D eigenvalue weighted by Crippen LogP contribution is 2.34. The Labute approximate surface area is 86.9 Å². The van der Waals surface area contributed by atoms with Gasteiger partial charge < -0.3 is 0 Å². The van der Waals surface area contributed by atoms with Crippen LogP contribution in [0.15, 0.2) is 18.2 Å². The van der Waals surface area contributed by atoms with Gasteiger partial charge in [0.05, 0.1) is 9.90 Å². The lowest BCUT2D eigenvalue weighted by Crippen LogP contribution is -1.74. The minimum atomic E-state index is -2.52. The van der Waals surface area contributed by atoms with Gasteiger partial charge in [-0.3, -0.25) is 0 Å². The predicted molar refractivity (Wildman–Crippen MR) is 51.8 cm³/mol. The van der Waals surface area contributed by atoms with E-state index in [0.29, 0.717) is 10.1 Å². The Hall–Kier alpha value is -0.740. The number of hydrogen-bond acceptors (Lipinski definition) is 1. The first-order valence-corrected chi connectivity index (χ1v) is 4.94. The number of alkyl halides is 2. The van der Waals surface area contributed by atoms with Crippen LogP contribution in [0.2, 0.25) is 5.02 Å². The van der Waals surface area contributed by atoms with Crippen LogP contribution in [0.25, 0.3) is 10.1 Å². The Morgan fingerprint density at radius 1 is 1.21 bits per heavy atom. The monoisotopic (exact) mass is 236 g/mol. The largest absolute Gasteiger partial charge is 0.272 e. The summed E-state index contributed by atoms with van der Waals surface area (Å²) in [7, 11) is 0. The molecule has 2 aromatic rings. The van der Waals surface area contributed by atoms with Gasteiger partial charge in [0.25, 0.3) is 6.43 Å². The smallest absolute Gasteiger partial charge is 0.205 e. The van der Waals surface area contributed by atoms with Crippen molar-refractivity contribution in [2.75, 3.05) is 0 Å². The third kappa shape index (κ3) is 1.60. The molecule has 14 heavy (non-hydrogen) atoms. The van der Waals surface area contributed by atoms with E-state index in [2.05, 4.69) is 0 Å². The molecule has 2 rings (SSSR count). The summed E-state index contributed by atoms with van der Waals surface area (Å²) < 4.78 is 38.0. The topological polar surface area (TPSA) is 0 Å². The lowest BCUT2D eigenvalue weighted by atomic mass is 10.2. The van der Waals surface area contributed by atoms with Crippen molar-refractivity contribution in [2.45, 2.75) is 6.43 Å². The van der Waals surface area contributed by atoms with Crippen LogP contribution in [0.1, 0.15) is 11.3 Å². The molecule has 0 bridgehead atoms. The maximum atomic E-state index is 12.9. The fourth-order valence-corrected chi connectivity index (χ4v) is 2.26. The minimum Gasteiger partial charge on any atom is -0.205 e. The quantitative estimate of drug-likeness (QED) is 0.677. The fourth-order valence-electron chi connectivity index (χ4n) is 1.16. The molecular formula is C9H4ClF3S. The van der Waals surface area contributed by atoms with E-state index in [1.165, 1.54) is 18.2 Å². The molecule has 0 saturated heterocycles. The summed E-state index contributed by atoms with van der Waals surface area (Å²) in [6.07, 6.45) is -2.52. The van der Waals surface area contributed by atoms with Crippen LogP contribution in [0.3, 0.4) is 0 Å². The second-order valence-electron chi connectivity index (χ2n) is 2.75. The summed E-state index contributed by atoms with van der Waals surface area (Å²) in [6, 6.07) is 3.86. The molecule has 5 heteroatoms. The lowest BCUT2D eigenvalue weighted by molar-refractivity contribution is 0.156. The van der Waals surface area contributed by atoms with Gasteiger partial charge >= 0.3 is 0 Å². The highest BCUT2D eigenvalue weighted by molar-refractivity contribution is 7.19. The van der Waals surface area contributed by atoms with Crippen molar-refractivity contribution in [1.82, 2.24) is 0 Å². The lowest BCUT2D eigenvalue weighted by Gasteiger charge is -1.92. The molecule has 0 aliphatic rings. The van der Waals surface area contributed by atoms with Crippen LogP contribution in [-0.2, 0) is 0 Å². The molecule has 0 fully saturated rings. The van der Waals surface area contributed by atoms with E-state index in [4.69, 9.17) is 11.6 Å². The second kappa shape index (κ2) is 3.44. The van der Waals surface area contributed by atoms with Gasteiger partial charge in [0, 0.05) is 4.70 Å². The van der Waals surface area contributed by atoms with E-state index < -0.39 is 12.2 Å². The van der Waals surface area contributed by atoms with E-state index in [1.807, 2.05) is 0 Å². The van der Waals surface area contributed by atoms with Crippen LogP contribution in [0.5, 0.6) is 0 Å². The average Bonchev–Trinajstić information content (AvgIpc) is 2.48. The van der Waals surface area contributed by atoms with Gasteiger partial charge in [-0.1, -0.05) is 11.6 Å². The Balaban J connectivity index is 2.66. The highest BCUT2D eigenvalue weighted by atomic mass is 35.5. The Bertz CT molecular complexity index is 439. The molecular weight excluding hydrogens is 233 g/mol. The molecule has 0 unspecified atom stereocenters. The number of rotatable bonds is 1. The fraction of sp³-hybridized carbons (Fsp3) is 0.111. The molecule has 1 aromatic heterocycles. The summed E-state index contributed by atoms with van der Waals surface area (Å²) in [6.45, 7) is 0. The summed E-state index contributed by atoms with van der Waals surface area (Å²) in [4.78, 5) is -0.0679. The Morgan fingerprint density at radius 3 is 2.57 bits per heavy atom. The first-order chi connectivity index (χ1) is 6.58. The average molecular weight is 237 g/mol. The van der Waals surface area contributed by atoms with Crippen molar-refractivity contribution in [1.29, 1.82) is 0 Å². The van der Waals surface area contributed by atoms with Crippen molar-refractivity contribution in [3.8, 4) is 0 Å². The molecule has 1 heterocycles. The first kappa shape index (κ1) is 9.80. The van der Waals surface area contributed by atoms with E-state index >= 15 is 0 Å². The van der Waals surface area contributed by atoms with Crippen molar-refractivity contribution in [3.63, 3.8) is 0 Å². The molecule has 0 saturated carbocycles. The predicted octanol–water partition coefficient (Wildman–Crippen LogP) is 4.63. The zero-order valence-corrected chi connectivity index (χ0v) is 8.30. The molecule has 0 radical (unpaired) electrons. The van der Waals surface area contributed by atoms with Gasteiger partial charge in [-0.15, -0.1) is 11.3 Å². The van der Waals surface area contributed by atoms with Crippen molar-refractivity contribution >= 4 is 33.0 Å². The standard InChI is InChI=1S/C9H4ClF3S/c10-5-1-4-2-8(9(12)13)14-7(4)3-6(5)11/h1-3,9H.